The molecule has 1 saturated heterocycles. The van der Waals surface area contributed by atoms with E-state index < -0.39 is 0 Å². The number of nitrogens with two attached hydrogens (primary N) is 1. The van der Waals surface area contributed by atoms with Crippen LogP contribution in [0, 0.1) is 0 Å². The van der Waals surface area contributed by atoms with E-state index in [9.17, 15) is 4.79 Å². The van der Waals surface area contributed by atoms with Crippen LogP contribution >= 0.6 is 0 Å². The average Bonchev–Trinajstić information content (AvgIpc) is 2.63. The first-order valence-corrected chi connectivity index (χ1v) is 4.72. The number of hydrogen-bond acceptors (Lipinski definition) is 3. The Kier molecular flexibility index (Phi) is 2.25. The second kappa shape index (κ2) is 3.42. The molecule has 1 aliphatic rings. The summed E-state index contributed by atoms with van der Waals surface area (Å²) in [6.07, 6.45) is 3.47. The molecule has 5 nitrogen and oxygen atoms in total. The molecule has 0 aliphatic carbocycles. The van der Waals surface area contributed by atoms with Gasteiger partial charge in [0.25, 0.3) is 0 Å². The Balaban J connectivity index is 1.99. The molecule has 0 bridgehead atoms. The highest BCUT2D eigenvalue weighted by atomic mass is 16.2. The van der Waals surface area contributed by atoms with Gasteiger partial charge in [0.2, 0.25) is 5.91 Å². The average molecular weight is 194 g/mol. The van der Waals surface area contributed by atoms with Crippen molar-refractivity contribution in [3.05, 3.63) is 18.5 Å². The molecule has 5 heteroatoms. The lowest BCUT2D eigenvalue weighted by molar-refractivity contribution is -0.138. The number of carbonyl (C=O) groups is 1. The molecule has 0 saturated carbocycles. The Morgan fingerprint density at radius 1 is 1.64 bits per heavy atom. The zero-order valence-electron chi connectivity index (χ0n) is 8.13. The lowest BCUT2D eigenvalue weighted by atomic mass is 10.1. The molecule has 1 aliphatic heterocycles. The molecule has 14 heavy (non-hydrogen) atoms. The van der Waals surface area contributed by atoms with Crippen LogP contribution in [0.25, 0.3) is 0 Å². The highest BCUT2D eigenvalue weighted by Gasteiger charge is 2.31. The van der Waals surface area contributed by atoms with Crippen molar-refractivity contribution in [2.24, 2.45) is 5.73 Å². The van der Waals surface area contributed by atoms with Gasteiger partial charge >= 0.3 is 0 Å². The van der Waals surface area contributed by atoms with Crippen LogP contribution in [0.2, 0.25) is 0 Å². The maximum atomic E-state index is 11.8. The van der Waals surface area contributed by atoms with Crippen molar-refractivity contribution < 1.29 is 4.79 Å². The van der Waals surface area contributed by atoms with E-state index >= 15 is 0 Å². The van der Waals surface area contributed by atoms with Crippen molar-refractivity contribution in [1.82, 2.24) is 14.7 Å². The summed E-state index contributed by atoms with van der Waals surface area (Å²) in [5, 5.41) is 4.03. The van der Waals surface area contributed by atoms with Crippen molar-refractivity contribution in [2.45, 2.75) is 19.0 Å². The van der Waals surface area contributed by atoms with Crippen LogP contribution in [0.3, 0.4) is 0 Å². The third kappa shape index (κ3) is 1.50. The Hall–Kier alpha value is -1.36. The van der Waals surface area contributed by atoms with E-state index in [0.717, 1.165) is 0 Å². The van der Waals surface area contributed by atoms with Crippen LogP contribution in [0.5, 0.6) is 0 Å². The molecule has 1 fully saturated rings. The minimum Gasteiger partial charge on any atom is -0.338 e. The van der Waals surface area contributed by atoms with Gasteiger partial charge in [-0.15, -0.1) is 0 Å². The van der Waals surface area contributed by atoms with Gasteiger partial charge in [-0.1, -0.05) is 0 Å². The summed E-state index contributed by atoms with van der Waals surface area (Å²) in [6, 6.07) is 1.74. The van der Waals surface area contributed by atoms with E-state index in [1.807, 2.05) is 13.0 Å². The number of amides is 1. The predicted octanol–water partition coefficient (Wildman–Crippen LogP) is -0.386. The van der Waals surface area contributed by atoms with E-state index in [4.69, 9.17) is 5.73 Å². The highest BCUT2D eigenvalue weighted by molar-refractivity contribution is 5.80. The van der Waals surface area contributed by atoms with Crippen LogP contribution in [-0.4, -0.2) is 39.7 Å². The molecule has 0 aromatic carbocycles. The quantitative estimate of drug-likeness (QED) is 0.697. The summed E-state index contributed by atoms with van der Waals surface area (Å²) in [6.45, 7) is 3.19. The van der Waals surface area contributed by atoms with Crippen molar-refractivity contribution in [3.63, 3.8) is 0 Å². The normalized spacial score (nSPS) is 19.1. The largest absolute Gasteiger partial charge is 0.338 e. The van der Waals surface area contributed by atoms with Crippen molar-refractivity contribution >= 4 is 5.91 Å². The number of aromatic nitrogens is 2. The Morgan fingerprint density at radius 3 is 2.86 bits per heavy atom. The lowest BCUT2D eigenvalue weighted by Gasteiger charge is -2.38. The number of rotatable bonds is 2. The van der Waals surface area contributed by atoms with Gasteiger partial charge in [-0.05, 0) is 13.0 Å². The monoisotopic (exact) mass is 194 g/mol. The fourth-order valence-corrected chi connectivity index (χ4v) is 1.58. The van der Waals surface area contributed by atoms with Crippen molar-refractivity contribution in [3.8, 4) is 0 Å². The molecular weight excluding hydrogens is 180 g/mol. The van der Waals surface area contributed by atoms with Crippen molar-refractivity contribution in [1.29, 1.82) is 0 Å². The van der Waals surface area contributed by atoms with E-state index in [-0.39, 0.29) is 18.0 Å². The first kappa shape index (κ1) is 9.21. The fraction of sp³-hybridized carbons (Fsp3) is 0.556. The summed E-state index contributed by atoms with van der Waals surface area (Å²) >= 11 is 0. The second-order valence-electron chi connectivity index (χ2n) is 3.67. The number of nitrogens with zero attached hydrogens (tertiary/aromatic N) is 3. The maximum Gasteiger partial charge on any atom is 0.247 e. The zero-order valence-corrected chi connectivity index (χ0v) is 8.13. The predicted molar refractivity (Wildman–Crippen MR) is 51.5 cm³/mol. The van der Waals surface area contributed by atoms with Gasteiger partial charge in [0.05, 0.1) is 0 Å². The molecule has 0 spiro atoms. The molecular formula is C9H14N4O. The minimum atomic E-state index is -0.225. The lowest BCUT2D eigenvalue weighted by Crippen LogP contribution is -2.59. The molecule has 1 aromatic heterocycles. The maximum absolute atomic E-state index is 11.8. The van der Waals surface area contributed by atoms with Crippen LogP contribution in [-0.2, 0) is 4.79 Å². The van der Waals surface area contributed by atoms with Crippen LogP contribution in [0.1, 0.15) is 13.0 Å². The molecule has 1 aromatic rings. The second-order valence-corrected chi connectivity index (χ2v) is 3.67. The topological polar surface area (TPSA) is 64.2 Å². The number of carbonyl (C=O) groups excluding carboxylic acids is 1. The van der Waals surface area contributed by atoms with Gasteiger partial charge in [-0.2, -0.15) is 5.10 Å². The summed E-state index contributed by atoms with van der Waals surface area (Å²) in [5.41, 5.74) is 5.61. The molecule has 2 N–H and O–H groups in total. The third-order valence-corrected chi connectivity index (χ3v) is 2.50. The molecule has 2 rings (SSSR count). The number of likely N-dealkylation sites (tertiary alicyclic amines) is 1. The molecule has 2 heterocycles. The number of hydrogen-bond donors (Lipinski definition) is 1. The highest BCUT2D eigenvalue weighted by Crippen LogP contribution is 2.13. The first-order valence-electron chi connectivity index (χ1n) is 4.72. The van der Waals surface area contributed by atoms with E-state index in [0.29, 0.717) is 13.1 Å². The van der Waals surface area contributed by atoms with Gasteiger partial charge in [0.1, 0.15) is 6.04 Å². The summed E-state index contributed by atoms with van der Waals surface area (Å²) in [4.78, 5) is 13.5. The Bertz CT molecular complexity index is 316. The molecule has 0 radical (unpaired) electrons. The van der Waals surface area contributed by atoms with Gasteiger partial charge in [0.15, 0.2) is 0 Å². The standard InChI is InChI=1S/C9H14N4O/c1-7(13-4-2-3-11-13)9(14)12-5-8(10)6-12/h2-4,7-8H,5-6,10H2,1H3/t7-/m1/s1. The van der Waals surface area contributed by atoms with E-state index in [2.05, 4.69) is 5.10 Å². The minimum absolute atomic E-state index is 0.0930. The van der Waals surface area contributed by atoms with Crippen LogP contribution < -0.4 is 5.73 Å². The van der Waals surface area contributed by atoms with Crippen LogP contribution in [0.4, 0.5) is 0 Å². The first-order chi connectivity index (χ1) is 6.68. The third-order valence-electron chi connectivity index (χ3n) is 2.50. The fourth-order valence-electron chi connectivity index (χ4n) is 1.58. The van der Waals surface area contributed by atoms with Crippen LogP contribution in [0.15, 0.2) is 18.5 Å². The van der Waals surface area contributed by atoms with E-state index in [1.165, 1.54) is 0 Å². The van der Waals surface area contributed by atoms with Gasteiger partial charge in [0, 0.05) is 31.5 Å². The van der Waals surface area contributed by atoms with Gasteiger partial charge < -0.3 is 10.6 Å². The summed E-state index contributed by atoms with van der Waals surface area (Å²) in [5.74, 6) is 0.0930. The van der Waals surface area contributed by atoms with Gasteiger partial charge in [-0.3, -0.25) is 9.48 Å². The summed E-state index contributed by atoms with van der Waals surface area (Å²) in [7, 11) is 0. The SMILES string of the molecule is C[C@H](C(=O)N1CC(N)C1)n1cccn1. The Labute approximate surface area is 82.5 Å². The Morgan fingerprint density at radius 2 is 2.36 bits per heavy atom. The molecule has 1 atom stereocenters. The smallest absolute Gasteiger partial charge is 0.247 e. The molecule has 76 valence electrons. The van der Waals surface area contributed by atoms with Gasteiger partial charge in [-0.25, -0.2) is 0 Å². The molecule has 1 amide bonds. The zero-order chi connectivity index (χ0) is 10.1. The van der Waals surface area contributed by atoms with E-state index in [1.54, 1.807) is 22.0 Å². The summed E-state index contributed by atoms with van der Waals surface area (Å²) < 4.78 is 1.66. The van der Waals surface area contributed by atoms with Crippen molar-refractivity contribution in [2.75, 3.05) is 13.1 Å². The molecule has 0 unspecified atom stereocenters.